The third kappa shape index (κ3) is 8.17. The van der Waals surface area contributed by atoms with Crippen LogP contribution in [0, 0.1) is 0 Å². The lowest BCUT2D eigenvalue weighted by Crippen LogP contribution is -2.12. The quantitative estimate of drug-likeness (QED) is 0.265. The maximum absolute atomic E-state index is 6.23. The Morgan fingerprint density at radius 3 is 2.20 bits per heavy atom. The van der Waals surface area contributed by atoms with E-state index in [1.807, 2.05) is 31.2 Å². The van der Waals surface area contributed by atoms with Crippen molar-refractivity contribution < 1.29 is 19.0 Å². The summed E-state index contributed by atoms with van der Waals surface area (Å²) < 4.78 is 16.9. The van der Waals surface area contributed by atoms with Crippen LogP contribution in [0.25, 0.3) is 5.70 Å². The van der Waals surface area contributed by atoms with Crippen LogP contribution < -0.4 is 19.7 Å². The molecule has 0 saturated heterocycles. The number of halogens is 4. The molecule has 0 spiro atoms. The van der Waals surface area contributed by atoms with Crippen molar-refractivity contribution in [2.75, 3.05) is 26.4 Å². The number of benzene rings is 2. The van der Waals surface area contributed by atoms with Crippen molar-refractivity contribution in [2.24, 2.45) is 0 Å². The Balaban J connectivity index is 1.82. The summed E-state index contributed by atoms with van der Waals surface area (Å²) in [5, 5.41) is 0.645. The van der Waals surface area contributed by atoms with E-state index in [-0.39, 0.29) is 17.7 Å². The third-order valence-corrected chi connectivity index (χ3v) is 4.47. The summed E-state index contributed by atoms with van der Waals surface area (Å²) in [5.74, 6) is 1.52. The minimum Gasteiger partial charge on any atom is -0.490 e. The van der Waals surface area contributed by atoms with Gasteiger partial charge in [-0.05, 0) is 42.8 Å². The number of hydrogen-bond donors (Lipinski definition) is 1. The molecule has 0 radical (unpaired) electrons. The second-order valence-electron chi connectivity index (χ2n) is 5.76. The number of ether oxygens (including phenoxy) is 3. The first-order valence-corrected chi connectivity index (χ1v) is 10.5. The average Bonchev–Trinajstić information content (AvgIpc) is 2.71. The van der Waals surface area contributed by atoms with Gasteiger partial charge in [0.1, 0.15) is 35.8 Å². The van der Waals surface area contributed by atoms with Gasteiger partial charge in [0.15, 0.2) is 5.75 Å². The van der Waals surface area contributed by atoms with Crippen LogP contribution >= 0.6 is 46.4 Å². The lowest BCUT2D eigenvalue weighted by Gasteiger charge is -2.13. The van der Waals surface area contributed by atoms with Crippen LogP contribution in [0.1, 0.15) is 12.5 Å². The molecule has 0 aromatic heterocycles. The molecule has 0 unspecified atom stereocenters. The molecule has 2 aromatic carbocycles. The summed E-state index contributed by atoms with van der Waals surface area (Å²) in [6.07, 6.45) is 1.50. The maximum Gasteiger partial charge on any atom is 0.156 e. The fourth-order valence-electron chi connectivity index (χ4n) is 2.23. The predicted molar refractivity (Wildman–Crippen MR) is 123 cm³/mol. The summed E-state index contributed by atoms with van der Waals surface area (Å²) in [7, 11) is 0. The molecule has 0 fully saturated rings. The van der Waals surface area contributed by atoms with Crippen molar-refractivity contribution >= 4 is 52.1 Å². The molecule has 5 nitrogen and oxygen atoms in total. The molecule has 0 heterocycles. The van der Waals surface area contributed by atoms with E-state index in [0.29, 0.717) is 46.2 Å². The van der Waals surface area contributed by atoms with Gasteiger partial charge in [-0.1, -0.05) is 53.0 Å². The van der Waals surface area contributed by atoms with Crippen LogP contribution in [0.15, 0.2) is 53.5 Å². The van der Waals surface area contributed by atoms with Gasteiger partial charge in [0.2, 0.25) is 0 Å². The van der Waals surface area contributed by atoms with Gasteiger partial charge in [0, 0.05) is 12.1 Å². The van der Waals surface area contributed by atoms with Crippen LogP contribution in [0.3, 0.4) is 0 Å². The standard InChI is InChI=1S/C21H21Cl4NO4/c1-3-30-26-14(2)15-4-6-16(7-5-15)28-10-11-29-21-18(22)12-17(13-19(21)23)27-9-8-20(24)25/h4-8,12-13,26H,2-3,9-11H2,1H3. The first kappa shape index (κ1) is 24.5. The van der Waals surface area contributed by atoms with Gasteiger partial charge < -0.3 is 14.2 Å². The van der Waals surface area contributed by atoms with Crippen LogP contribution in [0.2, 0.25) is 10.0 Å². The van der Waals surface area contributed by atoms with E-state index in [2.05, 4.69) is 12.1 Å². The first-order chi connectivity index (χ1) is 14.4. The largest absolute Gasteiger partial charge is 0.490 e. The molecule has 9 heteroatoms. The second-order valence-corrected chi connectivity index (χ2v) is 7.58. The molecular formula is C21H21Cl4NO4. The van der Waals surface area contributed by atoms with Crippen molar-refractivity contribution in [3.05, 3.63) is 69.2 Å². The van der Waals surface area contributed by atoms with Crippen molar-refractivity contribution in [3.63, 3.8) is 0 Å². The summed E-state index contributed by atoms with van der Waals surface area (Å²) in [4.78, 5) is 5.12. The minimum atomic E-state index is 0.119. The first-order valence-electron chi connectivity index (χ1n) is 8.96. The monoisotopic (exact) mass is 491 g/mol. The van der Waals surface area contributed by atoms with Crippen molar-refractivity contribution in [2.45, 2.75) is 6.92 Å². The molecule has 1 N–H and O–H groups in total. The van der Waals surface area contributed by atoms with E-state index in [1.165, 1.54) is 6.08 Å². The number of hydrogen-bond acceptors (Lipinski definition) is 5. The molecule has 0 atom stereocenters. The predicted octanol–water partition coefficient (Wildman–Crippen LogP) is 6.66. The topological polar surface area (TPSA) is 49.0 Å². The van der Waals surface area contributed by atoms with Gasteiger partial charge in [0.05, 0.1) is 22.3 Å². The van der Waals surface area contributed by atoms with Gasteiger partial charge >= 0.3 is 0 Å². The lowest BCUT2D eigenvalue weighted by molar-refractivity contribution is 0.0901. The average molecular weight is 493 g/mol. The Morgan fingerprint density at radius 2 is 1.60 bits per heavy atom. The van der Waals surface area contributed by atoms with Crippen LogP contribution in [-0.4, -0.2) is 26.4 Å². The minimum absolute atomic E-state index is 0.119. The summed E-state index contributed by atoms with van der Waals surface area (Å²) in [6, 6.07) is 10.6. The van der Waals surface area contributed by atoms with Gasteiger partial charge in [-0.15, -0.1) is 0 Å². The molecule has 0 aliphatic rings. The molecule has 2 aromatic rings. The smallest absolute Gasteiger partial charge is 0.156 e. The van der Waals surface area contributed by atoms with Crippen molar-refractivity contribution in [1.29, 1.82) is 0 Å². The fraction of sp³-hybridized carbons (Fsp3) is 0.238. The van der Waals surface area contributed by atoms with E-state index >= 15 is 0 Å². The van der Waals surface area contributed by atoms with Gasteiger partial charge in [-0.2, -0.15) is 0 Å². The summed E-state index contributed by atoms with van der Waals surface area (Å²) in [6.45, 7) is 7.09. The Bertz CT molecular complexity index is 845. The van der Waals surface area contributed by atoms with Crippen LogP contribution in [-0.2, 0) is 4.84 Å². The Hall–Kier alpha value is -1.76. The normalized spacial score (nSPS) is 10.3. The molecule has 0 bridgehead atoms. The molecule has 2 rings (SSSR count). The number of hydroxylamine groups is 1. The molecule has 0 aliphatic heterocycles. The Kier molecular flexibility index (Phi) is 10.5. The molecule has 0 amide bonds. The highest BCUT2D eigenvalue weighted by molar-refractivity contribution is 6.55. The van der Waals surface area contributed by atoms with Gasteiger partial charge in [0.25, 0.3) is 0 Å². The van der Waals surface area contributed by atoms with Crippen LogP contribution in [0.4, 0.5) is 0 Å². The van der Waals surface area contributed by atoms with Crippen molar-refractivity contribution in [3.8, 4) is 17.2 Å². The molecule has 162 valence electrons. The molecule has 30 heavy (non-hydrogen) atoms. The lowest BCUT2D eigenvalue weighted by atomic mass is 10.2. The highest BCUT2D eigenvalue weighted by Gasteiger charge is 2.11. The van der Waals surface area contributed by atoms with E-state index in [4.69, 9.17) is 65.5 Å². The Morgan fingerprint density at radius 1 is 0.967 bits per heavy atom. The summed E-state index contributed by atoms with van der Waals surface area (Å²) in [5.41, 5.74) is 4.34. The van der Waals surface area contributed by atoms with E-state index in [9.17, 15) is 0 Å². The number of nitrogens with one attached hydrogen (secondary N) is 1. The Labute approximate surface area is 196 Å². The zero-order valence-corrected chi connectivity index (χ0v) is 19.2. The van der Waals surface area contributed by atoms with E-state index in [1.54, 1.807) is 12.1 Å². The third-order valence-electron chi connectivity index (χ3n) is 3.60. The SMILES string of the molecule is C=C(NOCC)c1ccc(OCCOc2c(Cl)cc(OCC=C(Cl)Cl)cc2Cl)cc1. The fourth-order valence-corrected chi connectivity index (χ4v) is 2.93. The number of rotatable bonds is 12. The zero-order chi connectivity index (χ0) is 21.9. The zero-order valence-electron chi connectivity index (χ0n) is 16.2. The van der Waals surface area contributed by atoms with Crippen LogP contribution in [0.5, 0.6) is 17.2 Å². The molecule has 0 saturated carbocycles. The highest BCUT2D eigenvalue weighted by Crippen LogP contribution is 2.37. The van der Waals surface area contributed by atoms with E-state index in [0.717, 1.165) is 5.56 Å². The summed E-state index contributed by atoms with van der Waals surface area (Å²) >= 11 is 23.5. The second kappa shape index (κ2) is 12.8. The maximum atomic E-state index is 6.23. The van der Waals surface area contributed by atoms with Crippen molar-refractivity contribution in [1.82, 2.24) is 5.48 Å². The van der Waals surface area contributed by atoms with Gasteiger partial charge in [-0.25, -0.2) is 0 Å². The van der Waals surface area contributed by atoms with E-state index < -0.39 is 0 Å². The van der Waals surface area contributed by atoms with Gasteiger partial charge in [-0.3, -0.25) is 10.3 Å². The molecular weight excluding hydrogens is 472 g/mol. The molecule has 0 aliphatic carbocycles. The highest BCUT2D eigenvalue weighted by atomic mass is 35.5.